The van der Waals surface area contributed by atoms with Crippen LogP contribution in [0.5, 0.6) is 0 Å². The minimum Gasteiger partial charge on any atom is -0.391 e. The van der Waals surface area contributed by atoms with Gasteiger partial charge < -0.3 is 10.0 Å². The molecule has 0 unspecified atom stereocenters. The van der Waals surface area contributed by atoms with Crippen LogP contribution in [-0.4, -0.2) is 44.5 Å². The summed E-state index contributed by atoms with van der Waals surface area (Å²) < 4.78 is 0. The van der Waals surface area contributed by atoms with Crippen molar-refractivity contribution in [1.29, 1.82) is 0 Å². The van der Waals surface area contributed by atoms with Crippen molar-refractivity contribution in [3.8, 4) is 11.3 Å². The Hall–Kier alpha value is -2.18. The Labute approximate surface area is 144 Å². The molecule has 6 nitrogen and oxygen atoms in total. The van der Waals surface area contributed by atoms with E-state index in [0.717, 1.165) is 30.0 Å². The molecule has 0 aliphatic carbocycles. The van der Waals surface area contributed by atoms with E-state index >= 15 is 0 Å². The number of nitrogens with one attached hydrogen (secondary N) is 1. The van der Waals surface area contributed by atoms with Crippen LogP contribution >= 0.6 is 11.6 Å². The molecule has 0 saturated carbocycles. The first-order chi connectivity index (χ1) is 11.6. The lowest BCUT2D eigenvalue weighted by molar-refractivity contribution is 0.102. The van der Waals surface area contributed by atoms with Crippen molar-refractivity contribution in [2.75, 3.05) is 18.0 Å². The molecule has 1 aliphatic rings. The number of nitrogens with zero attached hydrogens (tertiary/aromatic N) is 4. The summed E-state index contributed by atoms with van der Waals surface area (Å²) in [7, 11) is 0. The molecule has 2 aromatic heterocycles. The highest BCUT2D eigenvalue weighted by atomic mass is 35.5. The van der Waals surface area contributed by atoms with E-state index in [4.69, 9.17) is 11.6 Å². The summed E-state index contributed by atoms with van der Waals surface area (Å²) in [4.78, 5) is 11.2. The third-order valence-electron chi connectivity index (χ3n) is 4.64. The van der Waals surface area contributed by atoms with Crippen LogP contribution in [0.15, 0.2) is 30.5 Å². The fraction of sp³-hybridized carbons (Fsp3) is 0.353. The SMILES string of the molecule is C[C@@H]1CCN(c2cnc3c(-c4ccccc4Cl)[nH]nc3n2)C[C@H]1O. The van der Waals surface area contributed by atoms with E-state index in [0.29, 0.717) is 28.6 Å². The third kappa shape index (κ3) is 2.61. The van der Waals surface area contributed by atoms with Crippen molar-refractivity contribution in [2.24, 2.45) is 5.92 Å². The van der Waals surface area contributed by atoms with E-state index in [1.165, 1.54) is 0 Å². The van der Waals surface area contributed by atoms with Gasteiger partial charge in [-0.05, 0) is 18.4 Å². The lowest BCUT2D eigenvalue weighted by atomic mass is 9.96. The Kier molecular flexibility index (Phi) is 3.86. The molecule has 1 aromatic carbocycles. The number of hydrogen-bond donors (Lipinski definition) is 2. The van der Waals surface area contributed by atoms with Crippen LogP contribution in [0, 0.1) is 5.92 Å². The maximum Gasteiger partial charge on any atom is 0.202 e. The van der Waals surface area contributed by atoms with Gasteiger partial charge >= 0.3 is 0 Å². The van der Waals surface area contributed by atoms with Crippen LogP contribution in [0.4, 0.5) is 5.82 Å². The Morgan fingerprint density at radius 3 is 2.96 bits per heavy atom. The minimum absolute atomic E-state index is 0.315. The molecule has 3 aromatic rings. The average molecular weight is 344 g/mol. The van der Waals surface area contributed by atoms with Gasteiger partial charge in [-0.2, -0.15) is 5.10 Å². The van der Waals surface area contributed by atoms with Crippen LogP contribution in [0.3, 0.4) is 0 Å². The normalized spacial score (nSPS) is 21.4. The summed E-state index contributed by atoms with van der Waals surface area (Å²) in [6.45, 7) is 3.50. The van der Waals surface area contributed by atoms with Crippen molar-refractivity contribution in [3.63, 3.8) is 0 Å². The van der Waals surface area contributed by atoms with Gasteiger partial charge in [0.05, 0.1) is 23.0 Å². The highest BCUT2D eigenvalue weighted by Crippen LogP contribution is 2.31. The summed E-state index contributed by atoms with van der Waals surface area (Å²) in [6, 6.07) is 7.57. The number of β-amino-alcohol motifs (C(OH)–C–C–N with tert-alkyl or cyclic N) is 1. The molecular formula is C17H18ClN5O. The molecule has 1 aliphatic heterocycles. The van der Waals surface area contributed by atoms with Crippen molar-refractivity contribution in [2.45, 2.75) is 19.4 Å². The molecule has 4 rings (SSSR count). The van der Waals surface area contributed by atoms with E-state index in [1.807, 2.05) is 24.3 Å². The summed E-state index contributed by atoms with van der Waals surface area (Å²) in [6.07, 6.45) is 2.34. The number of piperidine rings is 1. The van der Waals surface area contributed by atoms with Crippen LogP contribution < -0.4 is 4.90 Å². The summed E-state index contributed by atoms with van der Waals surface area (Å²) in [5.74, 6) is 1.06. The first-order valence-electron chi connectivity index (χ1n) is 8.02. The van der Waals surface area contributed by atoms with Crippen LogP contribution in [-0.2, 0) is 0 Å². The lowest BCUT2D eigenvalue weighted by Crippen LogP contribution is -2.43. The number of anilines is 1. The van der Waals surface area contributed by atoms with Crippen LogP contribution in [0.2, 0.25) is 5.02 Å². The fourth-order valence-electron chi connectivity index (χ4n) is 3.05. The zero-order chi connectivity index (χ0) is 16.7. The second-order valence-electron chi connectivity index (χ2n) is 6.26. The quantitative estimate of drug-likeness (QED) is 0.748. The molecule has 124 valence electrons. The Morgan fingerprint density at radius 1 is 1.33 bits per heavy atom. The number of halogens is 1. The largest absolute Gasteiger partial charge is 0.391 e. The van der Waals surface area contributed by atoms with E-state index in [-0.39, 0.29) is 6.10 Å². The minimum atomic E-state index is -0.339. The van der Waals surface area contributed by atoms with Gasteiger partial charge in [0, 0.05) is 18.7 Å². The maximum atomic E-state index is 10.1. The molecule has 24 heavy (non-hydrogen) atoms. The van der Waals surface area contributed by atoms with Gasteiger partial charge in [0.15, 0.2) is 0 Å². The first kappa shape index (κ1) is 15.4. The second-order valence-corrected chi connectivity index (χ2v) is 6.67. The third-order valence-corrected chi connectivity index (χ3v) is 4.97. The monoisotopic (exact) mass is 343 g/mol. The molecule has 0 radical (unpaired) electrons. The first-order valence-corrected chi connectivity index (χ1v) is 8.40. The zero-order valence-corrected chi connectivity index (χ0v) is 14.0. The highest BCUT2D eigenvalue weighted by Gasteiger charge is 2.25. The molecule has 0 amide bonds. The van der Waals surface area contributed by atoms with Crippen LogP contribution in [0.1, 0.15) is 13.3 Å². The number of rotatable bonds is 2. The number of fused-ring (bicyclic) bond motifs is 1. The summed E-state index contributed by atoms with van der Waals surface area (Å²) in [5.41, 5.74) is 2.86. The molecule has 1 saturated heterocycles. The molecule has 1 fully saturated rings. The Balaban J connectivity index is 1.70. The predicted molar refractivity (Wildman–Crippen MR) is 94.1 cm³/mol. The van der Waals surface area contributed by atoms with Gasteiger partial charge in [0.25, 0.3) is 0 Å². The Morgan fingerprint density at radius 2 is 2.17 bits per heavy atom. The van der Waals surface area contributed by atoms with Gasteiger partial charge in [-0.25, -0.2) is 9.97 Å². The van der Waals surface area contributed by atoms with Gasteiger partial charge in [0.2, 0.25) is 5.65 Å². The summed E-state index contributed by atoms with van der Waals surface area (Å²) >= 11 is 6.27. The highest BCUT2D eigenvalue weighted by molar-refractivity contribution is 6.33. The topological polar surface area (TPSA) is 77.9 Å². The van der Waals surface area contributed by atoms with Crippen LogP contribution in [0.25, 0.3) is 22.4 Å². The van der Waals surface area contributed by atoms with Crippen molar-refractivity contribution < 1.29 is 5.11 Å². The van der Waals surface area contributed by atoms with E-state index in [9.17, 15) is 5.11 Å². The average Bonchev–Trinajstić information content (AvgIpc) is 3.01. The molecule has 2 atom stereocenters. The predicted octanol–water partition coefficient (Wildman–Crippen LogP) is 2.88. The van der Waals surface area contributed by atoms with Gasteiger partial charge in [-0.1, -0.05) is 36.7 Å². The van der Waals surface area contributed by atoms with Gasteiger partial charge in [-0.15, -0.1) is 0 Å². The molecular weight excluding hydrogens is 326 g/mol. The molecule has 0 spiro atoms. The summed E-state index contributed by atoms with van der Waals surface area (Å²) in [5, 5.41) is 18.0. The number of benzene rings is 1. The number of aromatic nitrogens is 4. The number of aromatic amines is 1. The maximum absolute atomic E-state index is 10.1. The standard InChI is InChI=1S/C17H18ClN5O/c1-10-6-7-23(9-13(10)24)14-8-19-16-15(21-22-17(16)20-14)11-4-2-3-5-12(11)18/h2-5,8,10,13,24H,6-7,9H2,1H3,(H,20,21,22)/t10-,13-/m1/s1. The van der Waals surface area contributed by atoms with E-state index < -0.39 is 0 Å². The van der Waals surface area contributed by atoms with E-state index in [2.05, 4.69) is 32.0 Å². The lowest BCUT2D eigenvalue weighted by Gasteiger charge is -2.34. The smallest absolute Gasteiger partial charge is 0.202 e. The number of hydrogen-bond acceptors (Lipinski definition) is 5. The van der Waals surface area contributed by atoms with E-state index in [1.54, 1.807) is 6.20 Å². The Bertz CT molecular complexity index is 880. The number of aliphatic hydroxyl groups is 1. The van der Waals surface area contributed by atoms with Gasteiger partial charge in [0.1, 0.15) is 11.3 Å². The van der Waals surface area contributed by atoms with Crippen molar-refractivity contribution in [1.82, 2.24) is 20.2 Å². The molecule has 2 N–H and O–H groups in total. The van der Waals surface area contributed by atoms with Gasteiger partial charge in [-0.3, -0.25) is 5.10 Å². The van der Waals surface area contributed by atoms with Crippen molar-refractivity contribution >= 4 is 28.6 Å². The number of aliphatic hydroxyl groups excluding tert-OH is 1. The zero-order valence-electron chi connectivity index (χ0n) is 13.3. The second kappa shape index (κ2) is 6.03. The molecule has 7 heteroatoms. The number of H-pyrrole nitrogens is 1. The molecule has 0 bridgehead atoms. The van der Waals surface area contributed by atoms with Crippen molar-refractivity contribution in [3.05, 3.63) is 35.5 Å². The fourth-order valence-corrected chi connectivity index (χ4v) is 3.28. The molecule has 3 heterocycles.